The van der Waals surface area contributed by atoms with Crippen molar-refractivity contribution in [3.63, 3.8) is 0 Å². The Morgan fingerprint density at radius 2 is 2.08 bits per heavy atom. The van der Waals surface area contributed by atoms with Gasteiger partial charge in [0.2, 0.25) is 0 Å². The van der Waals surface area contributed by atoms with Crippen molar-refractivity contribution in [3.05, 3.63) is 48.2 Å². The summed E-state index contributed by atoms with van der Waals surface area (Å²) in [5, 5.41) is 0. The number of halogens is 1. The largest absolute Gasteiger partial charge is 0.171 e. The Balaban J connectivity index is 2.84. The molecule has 70 valence electrons. The van der Waals surface area contributed by atoms with Gasteiger partial charge in [0.1, 0.15) is 0 Å². The highest BCUT2D eigenvalue weighted by Crippen LogP contribution is 2.24. The highest BCUT2D eigenvalue weighted by Gasteiger charge is 2.17. The lowest BCUT2D eigenvalue weighted by molar-refractivity contribution is 0.872. The standard InChI is InChI=1S/C11H15ClSi/c1-3-11(13(12)4-2)10-8-6-5-7-9-10/h4-9,11,13H,2-3H2,1H3. The molecule has 0 amide bonds. The average molecular weight is 211 g/mol. The first-order valence-electron chi connectivity index (χ1n) is 4.61. The molecule has 0 aliphatic carbocycles. The third-order valence-corrected chi connectivity index (χ3v) is 5.80. The van der Waals surface area contributed by atoms with Gasteiger partial charge in [-0.25, -0.2) is 0 Å². The average Bonchev–Trinajstić information content (AvgIpc) is 2.20. The SMILES string of the molecule is C=C[SiH](Cl)C(CC)c1ccccc1. The first-order valence-corrected chi connectivity index (χ1v) is 7.69. The maximum Gasteiger partial charge on any atom is 0.171 e. The van der Waals surface area contributed by atoms with Gasteiger partial charge in [-0.15, -0.1) is 6.58 Å². The minimum atomic E-state index is -1.29. The van der Waals surface area contributed by atoms with Gasteiger partial charge in [0.25, 0.3) is 0 Å². The predicted octanol–water partition coefficient (Wildman–Crippen LogP) is 3.41. The lowest BCUT2D eigenvalue weighted by Gasteiger charge is -2.16. The van der Waals surface area contributed by atoms with Crippen LogP contribution >= 0.6 is 11.1 Å². The van der Waals surface area contributed by atoms with Gasteiger partial charge in [-0.05, 0) is 11.1 Å². The Hall–Kier alpha value is -0.533. The summed E-state index contributed by atoms with van der Waals surface area (Å²) in [5.41, 5.74) is 3.83. The van der Waals surface area contributed by atoms with Crippen molar-refractivity contribution in [1.29, 1.82) is 0 Å². The molecule has 13 heavy (non-hydrogen) atoms. The fraction of sp³-hybridized carbons (Fsp3) is 0.273. The van der Waals surface area contributed by atoms with Gasteiger partial charge in [0, 0.05) is 0 Å². The van der Waals surface area contributed by atoms with E-state index in [2.05, 4.69) is 37.8 Å². The second kappa shape index (κ2) is 5.25. The van der Waals surface area contributed by atoms with Crippen LogP contribution in [0.15, 0.2) is 42.6 Å². The zero-order valence-electron chi connectivity index (χ0n) is 7.91. The number of hydrogen-bond donors (Lipinski definition) is 0. The highest BCUT2D eigenvalue weighted by atomic mass is 35.6. The summed E-state index contributed by atoms with van der Waals surface area (Å²) in [7, 11) is -1.29. The molecule has 1 aromatic rings. The molecular formula is C11H15ClSi. The van der Waals surface area contributed by atoms with Crippen molar-refractivity contribution in [3.8, 4) is 0 Å². The number of hydrogen-bond acceptors (Lipinski definition) is 0. The van der Waals surface area contributed by atoms with Crippen LogP contribution in [0, 0.1) is 0 Å². The molecule has 0 nitrogen and oxygen atoms in total. The monoisotopic (exact) mass is 210 g/mol. The van der Waals surface area contributed by atoms with Gasteiger partial charge in [0.15, 0.2) is 8.11 Å². The van der Waals surface area contributed by atoms with Crippen LogP contribution in [0.3, 0.4) is 0 Å². The van der Waals surface area contributed by atoms with E-state index in [9.17, 15) is 0 Å². The smallest absolute Gasteiger partial charge is 0.166 e. The van der Waals surface area contributed by atoms with Crippen molar-refractivity contribution < 1.29 is 0 Å². The minimum Gasteiger partial charge on any atom is -0.166 e. The van der Waals surface area contributed by atoms with Crippen molar-refractivity contribution in [2.45, 2.75) is 18.9 Å². The van der Waals surface area contributed by atoms with E-state index in [0.29, 0.717) is 5.54 Å². The zero-order valence-corrected chi connectivity index (χ0v) is 9.82. The van der Waals surface area contributed by atoms with Crippen LogP contribution in [0.4, 0.5) is 0 Å². The van der Waals surface area contributed by atoms with Crippen LogP contribution in [0.2, 0.25) is 0 Å². The van der Waals surface area contributed by atoms with Crippen LogP contribution in [-0.2, 0) is 0 Å². The van der Waals surface area contributed by atoms with Crippen LogP contribution in [0.5, 0.6) is 0 Å². The Morgan fingerprint density at radius 1 is 1.46 bits per heavy atom. The van der Waals surface area contributed by atoms with E-state index in [1.165, 1.54) is 5.56 Å². The Bertz CT molecular complexity index is 258. The zero-order chi connectivity index (χ0) is 9.68. The topological polar surface area (TPSA) is 0 Å². The van der Waals surface area contributed by atoms with Crippen LogP contribution < -0.4 is 0 Å². The normalized spacial score (nSPS) is 14.9. The third-order valence-electron chi connectivity index (χ3n) is 2.28. The molecular weight excluding hydrogens is 196 g/mol. The summed E-state index contributed by atoms with van der Waals surface area (Å²) >= 11 is 6.29. The summed E-state index contributed by atoms with van der Waals surface area (Å²) in [6, 6.07) is 10.5. The molecule has 2 unspecified atom stereocenters. The molecule has 1 aromatic carbocycles. The molecule has 0 saturated carbocycles. The lowest BCUT2D eigenvalue weighted by Crippen LogP contribution is -2.14. The summed E-state index contributed by atoms with van der Waals surface area (Å²) < 4.78 is 0. The molecule has 0 aliphatic rings. The summed E-state index contributed by atoms with van der Waals surface area (Å²) in [6.45, 7) is 5.97. The molecule has 0 saturated heterocycles. The Kier molecular flexibility index (Phi) is 4.26. The molecule has 2 heteroatoms. The van der Waals surface area contributed by atoms with Crippen molar-refractivity contribution in [2.24, 2.45) is 0 Å². The fourth-order valence-electron chi connectivity index (χ4n) is 1.51. The van der Waals surface area contributed by atoms with E-state index < -0.39 is 8.11 Å². The van der Waals surface area contributed by atoms with E-state index in [-0.39, 0.29) is 0 Å². The van der Waals surface area contributed by atoms with Gasteiger partial charge >= 0.3 is 0 Å². The third kappa shape index (κ3) is 2.71. The van der Waals surface area contributed by atoms with Crippen molar-refractivity contribution >= 4 is 19.2 Å². The van der Waals surface area contributed by atoms with Gasteiger partial charge in [-0.1, -0.05) is 49.4 Å². The predicted molar refractivity (Wildman–Crippen MR) is 62.7 cm³/mol. The Morgan fingerprint density at radius 3 is 2.54 bits per heavy atom. The summed E-state index contributed by atoms with van der Waals surface area (Å²) in [6.07, 6.45) is 1.11. The van der Waals surface area contributed by atoms with E-state index in [4.69, 9.17) is 11.1 Å². The molecule has 0 N–H and O–H groups in total. The number of rotatable bonds is 4. The minimum absolute atomic E-state index is 0.528. The second-order valence-electron chi connectivity index (χ2n) is 3.11. The first-order chi connectivity index (χ1) is 6.29. The molecule has 0 aliphatic heterocycles. The molecule has 0 fully saturated rings. The molecule has 0 radical (unpaired) electrons. The molecule has 2 atom stereocenters. The van der Waals surface area contributed by atoms with Gasteiger partial charge in [0.05, 0.1) is 0 Å². The number of benzene rings is 1. The fourth-order valence-corrected chi connectivity index (χ4v) is 3.85. The van der Waals surface area contributed by atoms with E-state index in [0.717, 1.165) is 6.42 Å². The van der Waals surface area contributed by atoms with Gasteiger partial charge in [-0.3, -0.25) is 0 Å². The van der Waals surface area contributed by atoms with Gasteiger partial charge < -0.3 is 0 Å². The highest BCUT2D eigenvalue weighted by molar-refractivity contribution is 7.10. The molecule has 0 bridgehead atoms. The quantitative estimate of drug-likeness (QED) is 0.528. The van der Waals surface area contributed by atoms with E-state index >= 15 is 0 Å². The van der Waals surface area contributed by atoms with E-state index in [1.807, 2.05) is 11.8 Å². The molecule has 1 rings (SSSR count). The van der Waals surface area contributed by atoms with Crippen LogP contribution in [0.25, 0.3) is 0 Å². The van der Waals surface area contributed by atoms with Crippen LogP contribution in [-0.4, -0.2) is 8.11 Å². The maximum absolute atomic E-state index is 6.29. The Labute approximate surface area is 86.6 Å². The summed E-state index contributed by atoms with van der Waals surface area (Å²) in [5.74, 6) is 0. The second-order valence-corrected chi connectivity index (χ2v) is 6.78. The van der Waals surface area contributed by atoms with Crippen molar-refractivity contribution in [2.75, 3.05) is 0 Å². The first kappa shape index (κ1) is 10.5. The molecule has 0 heterocycles. The van der Waals surface area contributed by atoms with Gasteiger partial charge in [-0.2, -0.15) is 11.1 Å². The summed E-state index contributed by atoms with van der Waals surface area (Å²) in [4.78, 5) is 0. The van der Waals surface area contributed by atoms with E-state index in [1.54, 1.807) is 0 Å². The maximum atomic E-state index is 6.29. The molecule has 0 aromatic heterocycles. The van der Waals surface area contributed by atoms with Crippen LogP contribution in [0.1, 0.15) is 24.4 Å². The molecule has 0 spiro atoms. The lowest BCUT2D eigenvalue weighted by atomic mass is 10.1. The van der Waals surface area contributed by atoms with Crippen molar-refractivity contribution in [1.82, 2.24) is 0 Å².